The maximum absolute atomic E-state index is 15.6. The zero-order chi connectivity index (χ0) is 104. The van der Waals surface area contributed by atoms with E-state index in [2.05, 4.69) is 52.9 Å². The second-order valence-corrected chi connectivity index (χ2v) is 38.8. The van der Waals surface area contributed by atoms with Gasteiger partial charge in [-0.15, -0.1) is 0 Å². The number of nitrogens with two attached hydrogens (primary N) is 3. The number of carbonyl (C=O) groups is 3. The Balaban J connectivity index is 0.000000178. The number of nitriles is 3. The van der Waals surface area contributed by atoms with Crippen molar-refractivity contribution in [2.24, 2.45) is 0 Å². The minimum atomic E-state index is -1.24. The van der Waals surface area contributed by atoms with E-state index < -0.39 is 115 Å². The van der Waals surface area contributed by atoms with Crippen LogP contribution in [0.25, 0.3) is 83.9 Å². The number of nitrogen functional groups attached to an aromatic ring is 3. The summed E-state index contributed by atoms with van der Waals surface area (Å²) in [6.07, 6.45) is 8.57. The Bertz CT molecular complexity index is 6860. The van der Waals surface area contributed by atoms with E-state index in [1.165, 1.54) is 50.1 Å². The Morgan fingerprint density at radius 2 is 0.596 bits per heavy atom. The van der Waals surface area contributed by atoms with Crippen LogP contribution < -0.4 is 48.6 Å². The first-order valence-corrected chi connectivity index (χ1v) is 47.3. The van der Waals surface area contributed by atoms with Crippen LogP contribution in [-0.2, 0) is 14.4 Å². The van der Waals surface area contributed by atoms with E-state index in [4.69, 9.17) is 137 Å². The molecule has 6 N–H and O–H groups in total. The van der Waals surface area contributed by atoms with E-state index in [0.717, 1.165) is 0 Å². The lowest BCUT2D eigenvalue weighted by atomic mass is 10.0. The van der Waals surface area contributed by atoms with Gasteiger partial charge in [0.1, 0.15) is 68.9 Å². The van der Waals surface area contributed by atoms with Gasteiger partial charge in [0.05, 0.1) is 130 Å². The zero-order valence-corrected chi connectivity index (χ0v) is 85.2. The Labute approximate surface area is 850 Å². The topological polar surface area (TPSA) is 363 Å². The van der Waals surface area contributed by atoms with Crippen molar-refractivity contribution in [2.45, 2.75) is 158 Å². The highest BCUT2D eigenvalue weighted by Crippen LogP contribution is 2.51. The molecule has 3 fully saturated rings. The molecule has 9 aromatic heterocycles. The van der Waals surface area contributed by atoms with Crippen LogP contribution in [0, 0.1) is 89.7 Å². The number of pyridine rings is 9. The number of rotatable bonds is 15. The lowest BCUT2D eigenvalue weighted by Gasteiger charge is -2.45. The summed E-state index contributed by atoms with van der Waals surface area (Å²) in [5.41, 5.74) is 15.0. The number of aromatic nitrogens is 9. The standard InChI is InChI=1S/3C33H30Cl3F2N7O2/c3*1-7-21(46)44-16(5)12-43(13-17(44)6)31-18-10-20(34)29(22-23(35)24(36)26(38)27(40)25(22)37)42-32(18)45(33(47)19(31)11-39)30-15(4)8-9-41-28(30)14(2)3/h3*7-10,14,16-17H,1,12-13,40H2,2-6H3/t3*16-,17+. The Morgan fingerprint density at radius 1 is 0.383 bits per heavy atom. The predicted molar refractivity (Wildman–Crippen MR) is 545 cm³/mol. The summed E-state index contributed by atoms with van der Waals surface area (Å²) in [7, 11) is 0. The van der Waals surface area contributed by atoms with Crippen molar-refractivity contribution in [1.82, 2.24) is 58.3 Å². The number of anilines is 6. The monoisotopic (exact) mass is 2100 g/mol. The smallest absolute Gasteiger partial charge is 0.276 e. The summed E-state index contributed by atoms with van der Waals surface area (Å²) in [6.45, 7) is 40.2. The van der Waals surface area contributed by atoms with Crippen LogP contribution in [0.2, 0.25) is 45.2 Å². The van der Waals surface area contributed by atoms with E-state index in [1.807, 2.05) is 97.8 Å². The largest absolute Gasteiger partial charge is 0.394 e. The predicted octanol–water partition coefficient (Wildman–Crippen LogP) is 21.6. The van der Waals surface area contributed by atoms with Crippen molar-refractivity contribution in [2.75, 3.05) is 71.2 Å². The second-order valence-electron chi connectivity index (χ2n) is 35.3. The third kappa shape index (κ3) is 18.4. The molecular formula is C99H90Cl9F6N21O6. The first-order chi connectivity index (χ1) is 66.5. The van der Waals surface area contributed by atoms with Crippen LogP contribution >= 0.6 is 104 Å². The highest BCUT2D eigenvalue weighted by atomic mass is 35.5. The summed E-state index contributed by atoms with van der Waals surface area (Å²) in [5.74, 6) is -8.65. The highest BCUT2D eigenvalue weighted by molar-refractivity contribution is 6.46. The van der Waals surface area contributed by atoms with Gasteiger partial charge in [-0.25, -0.2) is 41.3 Å². The van der Waals surface area contributed by atoms with Gasteiger partial charge in [0, 0.05) is 110 Å². The number of hydrogen-bond acceptors (Lipinski definition) is 21. The van der Waals surface area contributed by atoms with Gasteiger partial charge in [-0.2, -0.15) is 15.8 Å². The van der Waals surface area contributed by atoms with Crippen molar-refractivity contribution in [3.63, 3.8) is 0 Å². The number of nitrogens with zero attached hydrogens (tertiary/aromatic N) is 18. The Kier molecular flexibility index (Phi) is 31.0. The van der Waals surface area contributed by atoms with E-state index >= 15 is 13.2 Å². The van der Waals surface area contributed by atoms with Crippen molar-refractivity contribution >= 4 is 189 Å². The summed E-state index contributed by atoms with van der Waals surface area (Å²) in [5, 5.41) is 28.6. The summed E-state index contributed by atoms with van der Waals surface area (Å²) in [6, 6.07) is 13.8. The second kappa shape index (κ2) is 41.5. The molecule has 3 aromatic carbocycles. The van der Waals surface area contributed by atoms with Crippen LogP contribution in [0.1, 0.15) is 151 Å². The van der Waals surface area contributed by atoms with Gasteiger partial charge < -0.3 is 46.6 Å². The fourth-order valence-corrected chi connectivity index (χ4v) is 20.9. The van der Waals surface area contributed by atoms with Gasteiger partial charge in [0.2, 0.25) is 17.7 Å². The minimum Gasteiger partial charge on any atom is -0.394 e. The van der Waals surface area contributed by atoms with Crippen molar-refractivity contribution < 1.29 is 40.7 Å². The number of piperazine rings is 3. The molecule has 141 heavy (non-hydrogen) atoms. The molecule has 42 heteroatoms. The average Bonchev–Trinajstić information content (AvgIpc) is 0.725. The quantitative estimate of drug-likeness (QED) is 0.0282. The highest BCUT2D eigenvalue weighted by Gasteiger charge is 2.42. The summed E-state index contributed by atoms with van der Waals surface area (Å²) < 4.78 is 94.4. The summed E-state index contributed by atoms with van der Waals surface area (Å²) in [4.78, 5) is 120. The van der Waals surface area contributed by atoms with E-state index in [9.17, 15) is 57.7 Å². The molecule has 0 unspecified atom stereocenters. The SMILES string of the molecule is C=CC(=O)N1[C@H](C)CN(c2c(C#N)c(=O)n(-c3c(C)ccnc3C(C)C)c3nc(-c4c(F)c(N)c(F)c(Cl)c4Cl)c(Cl)cc23)C[C@@H]1C.C=CC(=O)N1[C@H](C)CN(c2c(C#N)c(=O)n(-c3c(C)ccnc3C(C)C)c3nc(-c4c(F)c(N)c(F)c(Cl)c4Cl)c(Cl)cc23)C[C@@H]1C.C=CC(=O)N1[C@H](C)CN(c2c(C#N)c(=O)n(-c3c(C)ccnc3C(C)C)c3nc(-c4c(F)c(N)c(F)c(Cl)c4Cl)c(Cl)cc23)C[C@@H]1C. The van der Waals surface area contributed by atoms with E-state index in [-0.39, 0.29) is 210 Å². The fraction of sp³-hybridized carbons (Fsp3) is 0.303. The molecule has 0 bridgehead atoms. The zero-order valence-electron chi connectivity index (χ0n) is 78.4. The average molecular weight is 2100 g/mol. The van der Waals surface area contributed by atoms with Gasteiger partial charge in [-0.1, -0.05) is 166 Å². The van der Waals surface area contributed by atoms with Crippen molar-refractivity contribution in [1.29, 1.82) is 15.8 Å². The van der Waals surface area contributed by atoms with Gasteiger partial charge >= 0.3 is 0 Å². The number of hydrogen-bond donors (Lipinski definition) is 3. The number of benzene rings is 3. The molecule has 0 saturated carbocycles. The van der Waals surface area contributed by atoms with Crippen molar-refractivity contribution in [3.05, 3.63) is 255 Å². The number of fused-ring (bicyclic) bond motifs is 3. The first-order valence-electron chi connectivity index (χ1n) is 43.9. The van der Waals surface area contributed by atoms with Gasteiger partial charge in [-0.3, -0.25) is 57.4 Å². The van der Waals surface area contributed by atoms with E-state index in [0.29, 0.717) is 50.8 Å². The number of carbonyl (C=O) groups excluding carboxylic acids is 3. The molecule has 3 amide bonds. The third-order valence-electron chi connectivity index (χ3n) is 24.9. The van der Waals surface area contributed by atoms with Crippen LogP contribution in [0.3, 0.4) is 0 Å². The van der Waals surface area contributed by atoms with Crippen molar-refractivity contribution in [3.8, 4) is 69.0 Å². The lowest BCUT2D eigenvalue weighted by molar-refractivity contribution is -0.131. The van der Waals surface area contributed by atoms with Crippen LogP contribution in [0.15, 0.2) is 107 Å². The fourth-order valence-electron chi connectivity index (χ4n) is 18.8. The molecule has 27 nitrogen and oxygen atoms in total. The van der Waals surface area contributed by atoms with Gasteiger partial charge in [0.15, 0.2) is 34.9 Å². The molecule has 12 aromatic rings. The number of aryl methyl sites for hydroxylation is 3. The van der Waals surface area contributed by atoms with Crippen LogP contribution in [0.4, 0.5) is 60.5 Å². The maximum Gasteiger partial charge on any atom is 0.276 e. The molecular weight excluding hydrogens is 2010 g/mol. The molecule has 3 aliphatic rings. The molecule has 3 saturated heterocycles. The van der Waals surface area contributed by atoms with Crippen LogP contribution in [0.5, 0.6) is 0 Å². The Morgan fingerprint density at radius 3 is 0.787 bits per heavy atom. The third-order valence-corrected chi connectivity index (χ3v) is 28.3. The molecule has 0 spiro atoms. The van der Waals surface area contributed by atoms with Crippen LogP contribution in [-0.4, -0.2) is 152 Å². The van der Waals surface area contributed by atoms with Gasteiger partial charge in [0.25, 0.3) is 16.7 Å². The molecule has 6 atom stereocenters. The normalized spacial score (nSPS) is 16.6. The first kappa shape index (κ1) is 106. The number of amides is 3. The number of halogens is 15. The van der Waals surface area contributed by atoms with E-state index in [1.54, 1.807) is 72.3 Å². The maximum atomic E-state index is 15.6. The summed E-state index contributed by atoms with van der Waals surface area (Å²) >= 11 is 57.7. The molecule has 732 valence electrons. The minimum absolute atomic E-state index is 0.000731. The molecule has 3 aliphatic heterocycles. The molecule has 0 radical (unpaired) electrons. The van der Waals surface area contributed by atoms with Gasteiger partial charge in [-0.05, 0) is 151 Å². The Hall–Kier alpha value is -12.7. The lowest BCUT2D eigenvalue weighted by Crippen LogP contribution is -2.58. The molecule has 0 aliphatic carbocycles. The molecule has 12 heterocycles. The molecule has 15 rings (SSSR count).